The number of fused-ring (bicyclic) bond motifs is 1. The Morgan fingerprint density at radius 2 is 2.05 bits per heavy atom. The van der Waals surface area contributed by atoms with Gasteiger partial charge in [-0.25, -0.2) is 4.39 Å². The molecular formula is C15H14FN3S. The van der Waals surface area contributed by atoms with Gasteiger partial charge >= 0.3 is 0 Å². The third kappa shape index (κ3) is 2.49. The lowest BCUT2D eigenvalue weighted by molar-refractivity contribution is 0.625. The number of aromatic nitrogens is 2. The van der Waals surface area contributed by atoms with Crippen molar-refractivity contribution in [2.75, 3.05) is 5.73 Å². The number of rotatable bonds is 3. The summed E-state index contributed by atoms with van der Waals surface area (Å²) in [6, 6.07) is 12.7. The average Bonchev–Trinajstić information content (AvgIpc) is 2.73. The topological polar surface area (TPSA) is 43.8 Å². The molecule has 0 radical (unpaired) electrons. The number of anilines is 1. The molecule has 2 N–H and O–H groups in total. The summed E-state index contributed by atoms with van der Waals surface area (Å²) < 4.78 is 15.2. The third-order valence-corrected chi connectivity index (χ3v) is 4.09. The van der Waals surface area contributed by atoms with Crippen LogP contribution >= 0.6 is 11.8 Å². The molecule has 3 rings (SSSR count). The van der Waals surface area contributed by atoms with Gasteiger partial charge in [0, 0.05) is 28.8 Å². The predicted molar refractivity (Wildman–Crippen MR) is 81.1 cm³/mol. The first-order valence-corrected chi connectivity index (χ1v) is 7.21. The van der Waals surface area contributed by atoms with Crippen LogP contribution in [0.2, 0.25) is 0 Å². The van der Waals surface area contributed by atoms with Crippen molar-refractivity contribution in [1.82, 2.24) is 9.78 Å². The molecule has 0 aliphatic carbocycles. The van der Waals surface area contributed by atoms with E-state index in [1.54, 1.807) is 6.07 Å². The molecule has 20 heavy (non-hydrogen) atoms. The van der Waals surface area contributed by atoms with Gasteiger partial charge in [0.15, 0.2) is 0 Å². The number of aryl methyl sites for hydroxylation is 1. The standard InChI is InChI=1S/C15H14FN3S/c1-19-15-5-3-2-4-13(15)14(18-19)9-20-12-7-10(16)6-11(17)8-12/h2-8H,9,17H2,1H3. The molecule has 0 fully saturated rings. The number of nitrogens with zero attached hydrogens (tertiary/aromatic N) is 2. The number of hydrogen-bond acceptors (Lipinski definition) is 3. The summed E-state index contributed by atoms with van der Waals surface area (Å²) >= 11 is 1.53. The number of nitrogen functional groups attached to an aromatic ring is 1. The van der Waals surface area contributed by atoms with Crippen molar-refractivity contribution in [3.05, 3.63) is 54.0 Å². The number of halogens is 1. The fourth-order valence-corrected chi connectivity index (χ4v) is 3.15. The Kier molecular flexibility index (Phi) is 3.36. The molecule has 5 heteroatoms. The van der Waals surface area contributed by atoms with Crippen molar-refractivity contribution in [2.24, 2.45) is 7.05 Å². The molecule has 2 aromatic carbocycles. The van der Waals surface area contributed by atoms with Gasteiger partial charge in [-0.3, -0.25) is 4.68 Å². The van der Waals surface area contributed by atoms with E-state index >= 15 is 0 Å². The van der Waals surface area contributed by atoms with Gasteiger partial charge in [-0.1, -0.05) is 18.2 Å². The summed E-state index contributed by atoms with van der Waals surface area (Å²) in [6.07, 6.45) is 0. The van der Waals surface area contributed by atoms with Crippen LogP contribution in [0.4, 0.5) is 10.1 Å². The molecule has 0 atom stereocenters. The van der Waals surface area contributed by atoms with Gasteiger partial charge in [-0.2, -0.15) is 5.10 Å². The number of nitrogens with two attached hydrogens (primary N) is 1. The van der Waals surface area contributed by atoms with Crippen LogP contribution in [0.25, 0.3) is 10.9 Å². The van der Waals surface area contributed by atoms with Crippen LogP contribution in [0.1, 0.15) is 5.69 Å². The van der Waals surface area contributed by atoms with Crippen molar-refractivity contribution < 1.29 is 4.39 Å². The van der Waals surface area contributed by atoms with E-state index in [1.165, 1.54) is 23.9 Å². The highest BCUT2D eigenvalue weighted by Crippen LogP contribution is 2.28. The number of para-hydroxylation sites is 1. The Hall–Kier alpha value is -2.01. The summed E-state index contributed by atoms with van der Waals surface area (Å²) in [5.41, 5.74) is 8.19. The summed E-state index contributed by atoms with van der Waals surface area (Å²) in [5.74, 6) is 0.378. The van der Waals surface area contributed by atoms with Crippen LogP contribution in [-0.2, 0) is 12.8 Å². The summed E-state index contributed by atoms with van der Waals surface area (Å²) in [5, 5.41) is 5.65. The van der Waals surface area contributed by atoms with Gasteiger partial charge in [0.1, 0.15) is 5.82 Å². The summed E-state index contributed by atoms with van der Waals surface area (Å²) in [4.78, 5) is 0.817. The van der Waals surface area contributed by atoms with Gasteiger partial charge in [-0.15, -0.1) is 11.8 Å². The number of thioether (sulfide) groups is 1. The zero-order valence-corrected chi connectivity index (χ0v) is 11.8. The average molecular weight is 287 g/mol. The van der Waals surface area contributed by atoms with Crippen molar-refractivity contribution >= 4 is 28.4 Å². The zero-order chi connectivity index (χ0) is 14.1. The minimum Gasteiger partial charge on any atom is -0.399 e. The zero-order valence-electron chi connectivity index (χ0n) is 11.0. The lowest BCUT2D eigenvalue weighted by atomic mass is 10.2. The Morgan fingerprint density at radius 1 is 1.25 bits per heavy atom. The fraction of sp³-hybridized carbons (Fsp3) is 0.133. The molecule has 0 unspecified atom stereocenters. The van der Waals surface area contributed by atoms with E-state index in [-0.39, 0.29) is 5.82 Å². The second kappa shape index (κ2) is 5.17. The quantitative estimate of drug-likeness (QED) is 0.591. The molecule has 3 aromatic rings. The second-order valence-corrected chi connectivity index (χ2v) is 5.65. The normalized spacial score (nSPS) is 11.1. The van der Waals surface area contributed by atoms with Crippen LogP contribution < -0.4 is 5.73 Å². The van der Waals surface area contributed by atoms with Gasteiger partial charge in [0.2, 0.25) is 0 Å². The smallest absolute Gasteiger partial charge is 0.126 e. The first-order valence-electron chi connectivity index (χ1n) is 6.23. The fourth-order valence-electron chi connectivity index (χ4n) is 2.21. The number of benzene rings is 2. The molecule has 0 saturated heterocycles. The first kappa shape index (κ1) is 13.0. The predicted octanol–water partition coefficient (Wildman–Crippen LogP) is 3.59. The number of hydrogen-bond donors (Lipinski definition) is 1. The van der Waals surface area contributed by atoms with Crippen LogP contribution in [0.3, 0.4) is 0 Å². The van der Waals surface area contributed by atoms with E-state index in [0.717, 1.165) is 21.5 Å². The highest BCUT2D eigenvalue weighted by atomic mass is 32.2. The molecular weight excluding hydrogens is 273 g/mol. The van der Waals surface area contributed by atoms with Gasteiger partial charge in [-0.05, 0) is 24.3 Å². The van der Waals surface area contributed by atoms with Gasteiger partial charge in [0.05, 0.1) is 11.2 Å². The van der Waals surface area contributed by atoms with Crippen LogP contribution in [0, 0.1) is 5.82 Å². The Morgan fingerprint density at radius 3 is 2.85 bits per heavy atom. The molecule has 0 aliphatic rings. The van der Waals surface area contributed by atoms with Crippen LogP contribution in [0.15, 0.2) is 47.4 Å². The maximum Gasteiger partial charge on any atom is 0.126 e. The summed E-state index contributed by atoms with van der Waals surface area (Å²) in [7, 11) is 1.93. The highest BCUT2D eigenvalue weighted by molar-refractivity contribution is 7.98. The van der Waals surface area contributed by atoms with E-state index < -0.39 is 0 Å². The maximum absolute atomic E-state index is 13.3. The molecule has 102 valence electrons. The van der Waals surface area contributed by atoms with E-state index in [9.17, 15) is 4.39 Å². The lowest BCUT2D eigenvalue weighted by Gasteiger charge is -2.02. The van der Waals surface area contributed by atoms with E-state index in [2.05, 4.69) is 11.2 Å². The molecule has 0 aliphatic heterocycles. The lowest BCUT2D eigenvalue weighted by Crippen LogP contribution is -1.91. The van der Waals surface area contributed by atoms with Crippen molar-refractivity contribution in [2.45, 2.75) is 10.6 Å². The van der Waals surface area contributed by atoms with Gasteiger partial charge < -0.3 is 5.73 Å². The van der Waals surface area contributed by atoms with Crippen LogP contribution in [0.5, 0.6) is 0 Å². The highest BCUT2D eigenvalue weighted by Gasteiger charge is 2.08. The SMILES string of the molecule is Cn1nc(CSc2cc(N)cc(F)c2)c2ccccc21. The molecule has 0 spiro atoms. The van der Waals surface area contributed by atoms with E-state index in [1.807, 2.05) is 29.9 Å². The Balaban J connectivity index is 1.87. The Bertz CT molecular complexity index is 747. The molecule has 1 heterocycles. The van der Waals surface area contributed by atoms with Gasteiger partial charge in [0.25, 0.3) is 0 Å². The Labute approximate surface area is 120 Å². The van der Waals surface area contributed by atoms with Crippen molar-refractivity contribution in [1.29, 1.82) is 0 Å². The maximum atomic E-state index is 13.3. The first-order chi connectivity index (χ1) is 9.63. The van der Waals surface area contributed by atoms with Crippen molar-refractivity contribution in [3.63, 3.8) is 0 Å². The largest absolute Gasteiger partial charge is 0.399 e. The van der Waals surface area contributed by atoms with Crippen molar-refractivity contribution in [3.8, 4) is 0 Å². The second-order valence-electron chi connectivity index (χ2n) is 4.60. The third-order valence-electron chi connectivity index (χ3n) is 3.10. The molecule has 0 amide bonds. The molecule has 0 bridgehead atoms. The van der Waals surface area contributed by atoms with E-state index in [0.29, 0.717) is 11.4 Å². The minimum atomic E-state index is -0.307. The molecule has 0 saturated carbocycles. The van der Waals surface area contributed by atoms with Crippen LogP contribution in [-0.4, -0.2) is 9.78 Å². The van der Waals surface area contributed by atoms with E-state index in [4.69, 9.17) is 5.73 Å². The monoisotopic (exact) mass is 287 g/mol. The summed E-state index contributed by atoms with van der Waals surface area (Å²) in [6.45, 7) is 0. The molecule has 3 nitrogen and oxygen atoms in total. The molecule has 1 aromatic heterocycles. The minimum absolute atomic E-state index is 0.307.